The number of carbonyl (C=O) groups excluding carboxylic acids is 1. The minimum Gasteiger partial charge on any atom is -0.497 e. The highest BCUT2D eigenvalue weighted by Gasteiger charge is 2.08. The summed E-state index contributed by atoms with van der Waals surface area (Å²) in [5.41, 5.74) is 0.386. The van der Waals surface area contributed by atoms with Gasteiger partial charge in [-0.2, -0.15) is 0 Å². The van der Waals surface area contributed by atoms with Crippen molar-refractivity contribution in [1.82, 2.24) is 0 Å². The van der Waals surface area contributed by atoms with Crippen LogP contribution in [0.25, 0.3) is 0 Å². The second kappa shape index (κ2) is 5.89. The molecule has 0 heterocycles. The van der Waals surface area contributed by atoms with Crippen LogP contribution in [0.2, 0.25) is 0 Å². The lowest BCUT2D eigenvalue weighted by molar-refractivity contribution is 0.101. The molecule has 0 aliphatic carbocycles. The smallest absolute Gasteiger partial charge is 0.159 e. The van der Waals surface area contributed by atoms with Crippen LogP contribution in [0.1, 0.15) is 17.3 Å². The predicted octanol–water partition coefficient (Wildman–Crippen LogP) is 4.19. The number of halogens is 1. The Morgan fingerprint density at radius 2 is 1.84 bits per heavy atom. The molecular formula is C15H13FO2S. The van der Waals surface area contributed by atoms with E-state index in [1.165, 1.54) is 24.8 Å². The summed E-state index contributed by atoms with van der Waals surface area (Å²) in [7, 11) is 1.60. The van der Waals surface area contributed by atoms with E-state index in [4.69, 9.17) is 4.74 Å². The molecule has 0 fully saturated rings. The molecular weight excluding hydrogens is 263 g/mol. The van der Waals surface area contributed by atoms with Gasteiger partial charge in [0.15, 0.2) is 5.78 Å². The summed E-state index contributed by atoms with van der Waals surface area (Å²) < 4.78 is 18.9. The Kier molecular flexibility index (Phi) is 4.22. The molecule has 2 aromatic carbocycles. The number of methoxy groups -OCH3 is 1. The number of hydrogen-bond donors (Lipinski definition) is 0. The zero-order valence-corrected chi connectivity index (χ0v) is 11.5. The van der Waals surface area contributed by atoms with Gasteiger partial charge in [0.25, 0.3) is 0 Å². The fraction of sp³-hybridized carbons (Fsp3) is 0.133. The number of ketones is 1. The maximum absolute atomic E-state index is 13.8. The molecule has 0 unspecified atom stereocenters. The molecule has 0 aliphatic heterocycles. The largest absolute Gasteiger partial charge is 0.497 e. The number of carbonyl (C=O) groups is 1. The molecule has 2 aromatic rings. The summed E-state index contributed by atoms with van der Waals surface area (Å²) in [6.45, 7) is 1.42. The first-order valence-corrected chi connectivity index (χ1v) is 6.54. The van der Waals surface area contributed by atoms with E-state index < -0.39 is 0 Å². The second-order valence-electron chi connectivity index (χ2n) is 3.98. The van der Waals surface area contributed by atoms with Gasteiger partial charge < -0.3 is 4.74 Å². The van der Waals surface area contributed by atoms with Crippen LogP contribution in [0, 0.1) is 5.82 Å². The highest BCUT2D eigenvalue weighted by Crippen LogP contribution is 2.31. The van der Waals surface area contributed by atoms with E-state index in [0.29, 0.717) is 10.5 Å². The van der Waals surface area contributed by atoms with Gasteiger partial charge in [-0.05, 0) is 43.3 Å². The first kappa shape index (κ1) is 13.6. The minimum absolute atomic E-state index is 0.139. The van der Waals surface area contributed by atoms with Crippen LogP contribution in [0.15, 0.2) is 52.3 Å². The van der Waals surface area contributed by atoms with Crippen molar-refractivity contribution in [2.75, 3.05) is 7.11 Å². The predicted molar refractivity (Wildman–Crippen MR) is 73.5 cm³/mol. The third-order valence-corrected chi connectivity index (χ3v) is 3.68. The molecule has 0 aromatic heterocycles. The summed E-state index contributed by atoms with van der Waals surface area (Å²) in [6, 6.07) is 11.9. The molecule has 0 spiro atoms. The van der Waals surface area contributed by atoms with Gasteiger partial charge in [-0.1, -0.05) is 17.8 Å². The lowest BCUT2D eigenvalue weighted by atomic mass is 10.1. The Hall–Kier alpha value is -1.81. The van der Waals surface area contributed by atoms with Crippen molar-refractivity contribution in [3.63, 3.8) is 0 Å². The molecule has 0 saturated carbocycles. The average molecular weight is 276 g/mol. The van der Waals surface area contributed by atoms with Gasteiger partial charge in [-0.15, -0.1) is 0 Å². The monoisotopic (exact) mass is 276 g/mol. The Morgan fingerprint density at radius 1 is 1.16 bits per heavy atom. The van der Waals surface area contributed by atoms with E-state index in [1.807, 2.05) is 24.3 Å². The van der Waals surface area contributed by atoms with Gasteiger partial charge in [0, 0.05) is 15.4 Å². The summed E-state index contributed by atoms with van der Waals surface area (Å²) in [5, 5.41) is 0. The van der Waals surface area contributed by atoms with Crippen molar-refractivity contribution >= 4 is 17.5 Å². The fourth-order valence-electron chi connectivity index (χ4n) is 1.57. The highest BCUT2D eigenvalue weighted by atomic mass is 32.2. The fourth-order valence-corrected chi connectivity index (χ4v) is 2.39. The van der Waals surface area contributed by atoms with E-state index in [0.717, 1.165) is 10.6 Å². The SMILES string of the molecule is COc1ccc(Sc2ccc(C(C)=O)cc2F)cc1. The number of Topliss-reactive ketones (excluding diaryl/α,β-unsaturated/α-hetero) is 1. The first-order chi connectivity index (χ1) is 9.10. The Labute approximate surface area is 115 Å². The highest BCUT2D eigenvalue weighted by molar-refractivity contribution is 7.99. The van der Waals surface area contributed by atoms with E-state index in [1.54, 1.807) is 19.2 Å². The molecule has 0 N–H and O–H groups in total. The van der Waals surface area contributed by atoms with Crippen molar-refractivity contribution < 1.29 is 13.9 Å². The first-order valence-electron chi connectivity index (χ1n) is 5.72. The van der Waals surface area contributed by atoms with Crippen molar-refractivity contribution in [3.05, 3.63) is 53.8 Å². The van der Waals surface area contributed by atoms with E-state index in [9.17, 15) is 9.18 Å². The standard InChI is InChI=1S/C15H13FO2S/c1-10(17)11-3-8-15(14(16)9-11)19-13-6-4-12(18-2)5-7-13/h3-9H,1-2H3. The summed E-state index contributed by atoms with van der Waals surface area (Å²) in [5.74, 6) is 0.241. The number of rotatable bonds is 4. The summed E-state index contributed by atoms with van der Waals surface area (Å²) in [6.07, 6.45) is 0. The molecule has 2 nitrogen and oxygen atoms in total. The zero-order valence-electron chi connectivity index (χ0n) is 10.6. The van der Waals surface area contributed by atoms with Crippen molar-refractivity contribution in [2.45, 2.75) is 16.7 Å². The minimum atomic E-state index is -0.381. The third kappa shape index (κ3) is 3.35. The molecule has 0 saturated heterocycles. The van der Waals surface area contributed by atoms with Gasteiger partial charge in [0.2, 0.25) is 0 Å². The summed E-state index contributed by atoms with van der Waals surface area (Å²) >= 11 is 1.31. The molecule has 0 aliphatic rings. The van der Waals surface area contributed by atoms with Crippen molar-refractivity contribution in [3.8, 4) is 5.75 Å². The quantitative estimate of drug-likeness (QED) is 0.783. The normalized spacial score (nSPS) is 10.3. The Bertz CT molecular complexity index is 594. The maximum atomic E-state index is 13.8. The third-order valence-electron chi connectivity index (χ3n) is 2.63. The van der Waals surface area contributed by atoms with Crippen LogP contribution in [-0.4, -0.2) is 12.9 Å². The van der Waals surface area contributed by atoms with Crippen molar-refractivity contribution in [2.24, 2.45) is 0 Å². The molecule has 19 heavy (non-hydrogen) atoms. The van der Waals surface area contributed by atoms with Crippen LogP contribution < -0.4 is 4.74 Å². The van der Waals surface area contributed by atoms with Gasteiger partial charge in [-0.3, -0.25) is 4.79 Å². The molecule has 0 atom stereocenters. The van der Waals surface area contributed by atoms with Gasteiger partial charge in [0.05, 0.1) is 7.11 Å². The number of ether oxygens (including phenoxy) is 1. The average Bonchev–Trinajstić information content (AvgIpc) is 2.41. The molecule has 2 rings (SSSR count). The van der Waals surface area contributed by atoms with Crippen LogP contribution >= 0.6 is 11.8 Å². The van der Waals surface area contributed by atoms with Crippen molar-refractivity contribution in [1.29, 1.82) is 0 Å². The lowest BCUT2D eigenvalue weighted by Gasteiger charge is -2.05. The van der Waals surface area contributed by atoms with E-state index >= 15 is 0 Å². The van der Waals surface area contributed by atoms with Crippen LogP contribution in [0.3, 0.4) is 0 Å². The zero-order chi connectivity index (χ0) is 13.8. The molecule has 0 bridgehead atoms. The number of benzene rings is 2. The van der Waals surface area contributed by atoms with Crippen LogP contribution in [0.5, 0.6) is 5.75 Å². The van der Waals surface area contributed by atoms with E-state index in [2.05, 4.69) is 0 Å². The molecule has 0 radical (unpaired) electrons. The molecule has 4 heteroatoms. The van der Waals surface area contributed by atoms with Gasteiger partial charge in [-0.25, -0.2) is 4.39 Å². The topological polar surface area (TPSA) is 26.3 Å². The Morgan fingerprint density at radius 3 is 2.37 bits per heavy atom. The maximum Gasteiger partial charge on any atom is 0.159 e. The summed E-state index contributed by atoms with van der Waals surface area (Å²) in [4.78, 5) is 12.6. The van der Waals surface area contributed by atoms with Crippen LogP contribution in [0.4, 0.5) is 4.39 Å². The Balaban J connectivity index is 2.20. The van der Waals surface area contributed by atoms with Gasteiger partial charge >= 0.3 is 0 Å². The number of hydrogen-bond acceptors (Lipinski definition) is 3. The molecule has 0 amide bonds. The molecule has 98 valence electrons. The van der Waals surface area contributed by atoms with Crippen LogP contribution in [-0.2, 0) is 0 Å². The lowest BCUT2D eigenvalue weighted by Crippen LogP contribution is -1.93. The van der Waals surface area contributed by atoms with E-state index in [-0.39, 0.29) is 11.6 Å². The second-order valence-corrected chi connectivity index (χ2v) is 5.09. The van der Waals surface area contributed by atoms with Gasteiger partial charge in [0.1, 0.15) is 11.6 Å².